The Hall–Kier alpha value is -2.78. The first-order valence-corrected chi connectivity index (χ1v) is 18.4. The molecule has 18 nitrogen and oxygen atoms in total. The third kappa shape index (κ3) is 9.85. The number of carbonyl (C=O) groups excluding carboxylic acids is 2. The van der Waals surface area contributed by atoms with Crippen molar-refractivity contribution in [2.75, 3.05) is 33.7 Å². The molecule has 2 amide bonds. The summed E-state index contributed by atoms with van der Waals surface area (Å²) in [4.78, 5) is 56.5. The Labute approximate surface area is 302 Å². The molecule has 18 heteroatoms. The minimum Gasteiger partial charge on any atom is -0.389 e. The Kier molecular flexibility index (Phi) is 15.8. The second-order valence-corrected chi connectivity index (χ2v) is 14.2. The number of aromatic amines is 1. The van der Waals surface area contributed by atoms with Crippen LogP contribution in [0.1, 0.15) is 77.4 Å². The van der Waals surface area contributed by atoms with Gasteiger partial charge in [0.1, 0.15) is 54.8 Å². The van der Waals surface area contributed by atoms with Gasteiger partial charge in [0, 0.05) is 38.9 Å². The molecular formula is C34H58N6O12. The minimum absolute atomic E-state index is 0.186. The average Bonchev–Trinajstić information content (AvgIpc) is 3.52. The largest absolute Gasteiger partial charge is 0.389 e. The lowest BCUT2D eigenvalue weighted by molar-refractivity contribution is -0.233. The summed E-state index contributed by atoms with van der Waals surface area (Å²) in [6, 6.07) is -1.71. The number of aliphatic hydroxyl groups is 5. The Balaban J connectivity index is 1.50. The highest BCUT2D eigenvalue weighted by Crippen LogP contribution is 2.36. The van der Waals surface area contributed by atoms with Crippen LogP contribution >= 0.6 is 0 Å². The summed E-state index contributed by atoms with van der Waals surface area (Å²) in [5.74, 6) is -1.29. The maximum absolute atomic E-state index is 14.3. The van der Waals surface area contributed by atoms with E-state index in [4.69, 9.17) is 19.9 Å². The minimum atomic E-state index is -1.80. The van der Waals surface area contributed by atoms with Crippen molar-refractivity contribution < 1.29 is 49.3 Å². The Morgan fingerprint density at radius 2 is 1.58 bits per heavy atom. The predicted molar refractivity (Wildman–Crippen MR) is 186 cm³/mol. The van der Waals surface area contributed by atoms with Gasteiger partial charge in [-0.3, -0.25) is 28.8 Å². The molecule has 296 valence electrons. The molecule has 3 saturated heterocycles. The normalized spacial score (nSPS) is 33.4. The molecule has 4 rings (SSSR count). The van der Waals surface area contributed by atoms with Crippen molar-refractivity contribution in [3.63, 3.8) is 0 Å². The first kappa shape index (κ1) is 42.0. The SMILES string of the molecule is CCCCCCCCCCCCNC(=O)C1[C@@H](O)CN(C)C([C@H](OC2O[C@H](CN)[C@@H](O)[C@H]2O)C2OC(n3ccc(=O)[nH]c3=O)[C@H](O)[C@@H]2O)C(=O)N1C. The van der Waals surface area contributed by atoms with Crippen molar-refractivity contribution in [3.8, 4) is 0 Å². The molecule has 12 atom stereocenters. The smallest absolute Gasteiger partial charge is 0.330 e. The summed E-state index contributed by atoms with van der Waals surface area (Å²) in [5, 5.41) is 57.6. The first-order valence-electron chi connectivity index (χ1n) is 18.4. The van der Waals surface area contributed by atoms with Crippen molar-refractivity contribution in [1.82, 2.24) is 24.7 Å². The van der Waals surface area contributed by atoms with Crippen LogP contribution in [-0.2, 0) is 23.8 Å². The quantitative estimate of drug-likeness (QED) is 0.0723. The van der Waals surface area contributed by atoms with Crippen LogP contribution in [0, 0.1) is 0 Å². The van der Waals surface area contributed by atoms with Crippen molar-refractivity contribution in [1.29, 1.82) is 0 Å². The summed E-state index contributed by atoms with van der Waals surface area (Å²) in [5.41, 5.74) is 4.03. The van der Waals surface area contributed by atoms with E-state index in [0.717, 1.165) is 47.4 Å². The molecular weight excluding hydrogens is 684 g/mol. The van der Waals surface area contributed by atoms with Crippen molar-refractivity contribution in [2.24, 2.45) is 5.73 Å². The number of aliphatic hydroxyl groups excluding tert-OH is 5. The topological polar surface area (TPSA) is 262 Å². The number of H-pyrrole nitrogens is 1. The molecule has 0 aromatic carbocycles. The lowest BCUT2D eigenvalue weighted by Crippen LogP contribution is -2.60. The van der Waals surface area contributed by atoms with Crippen LogP contribution in [0.2, 0.25) is 0 Å². The van der Waals surface area contributed by atoms with E-state index in [1.807, 2.05) is 4.98 Å². The van der Waals surface area contributed by atoms with E-state index in [1.165, 1.54) is 57.5 Å². The summed E-state index contributed by atoms with van der Waals surface area (Å²) in [6.07, 6.45) is -3.06. The van der Waals surface area contributed by atoms with Gasteiger partial charge in [-0.15, -0.1) is 0 Å². The fourth-order valence-electron chi connectivity index (χ4n) is 7.29. The second-order valence-electron chi connectivity index (χ2n) is 14.2. The van der Waals surface area contributed by atoms with Gasteiger partial charge in [-0.2, -0.15) is 0 Å². The molecule has 0 radical (unpaired) electrons. The van der Waals surface area contributed by atoms with Crippen LogP contribution in [0.3, 0.4) is 0 Å². The highest BCUT2D eigenvalue weighted by molar-refractivity contribution is 5.91. The highest BCUT2D eigenvalue weighted by atomic mass is 16.7. The van der Waals surface area contributed by atoms with E-state index >= 15 is 0 Å². The van der Waals surface area contributed by atoms with Crippen LogP contribution in [0.15, 0.2) is 21.9 Å². The zero-order chi connectivity index (χ0) is 38.1. The number of unbranched alkanes of at least 4 members (excludes halogenated alkanes) is 9. The summed E-state index contributed by atoms with van der Waals surface area (Å²) in [6.45, 7) is 2.14. The van der Waals surface area contributed by atoms with Gasteiger partial charge in [0.2, 0.25) is 11.8 Å². The van der Waals surface area contributed by atoms with Crippen LogP contribution in [-0.4, -0.2) is 158 Å². The molecule has 1 aromatic rings. The fraction of sp³-hybridized carbons (Fsp3) is 0.824. The van der Waals surface area contributed by atoms with Gasteiger partial charge in [-0.1, -0.05) is 64.7 Å². The highest BCUT2D eigenvalue weighted by Gasteiger charge is 2.56. The molecule has 3 aliphatic rings. The molecule has 5 unspecified atom stereocenters. The molecule has 0 saturated carbocycles. The Morgan fingerprint density at radius 1 is 0.942 bits per heavy atom. The van der Waals surface area contributed by atoms with Gasteiger partial charge in [-0.25, -0.2) is 4.79 Å². The number of likely N-dealkylation sites (N-methyl/N-ethyl adjacent to an activating group) is 2. The second kappa shape index (κ2) is 19.5. The standard InChI is InChI=1S/C34H58N6O12/c1-4-5-6-7-8-9-10-11-12-13-15-36-30(47)22-19(41)18-38(2)23(31(48)39(22)3)28(52-33-27(46)24(43)20(17-35)50-33)29-25(44)26(45)32(51-29)40-16-14-21(42)37-34(40)49/h14,16,19-20,22-29,32-33,41,43-46H,4-13,15,17-18,35H2,1-3H3,(H,36,47)(H,37,42,49)/t19-,20+,22?,23?,24+,25-,26+,27+,28-,29?,32?,33?/m0/s1. The zero-order valence-corrected chi connectivity index (χ0v) is 30.3. The molecule has 0 bridgehead atoms. The summed E-state index contributed by atoms with van der Waals surface area (Å²) < 4.78 is 18.6. The number of amides is 2. The lowest BCUT2D eigenvalue weighted by Gasteiger charge is -2.38. The Bertz CT molecular complexity index is 1410. The molecule has 3 fully saturated rings. The molecule has 0 aliphatic carbocycles. The van der Waals surface area contributed by atoms with Crippen molar-refractivity contribution in [3.05, 3.63) is 33.1 Å². The van der Waals surface area contributed by atoms with Gasteiger partial charge in [-0.05, 0) is 13.5 Å². The molecule has 9 N–H and O–H groups in total. The third-order valence-corrected chi connectivity index (χ3v) is 10.3. The maximum atomic E-state index is 14.3. The maximum Gasteiger partial charge on any atom is 0.330 e. The number of hydrogen-bond donors (Lipinski definition) is 8. The van der Waals surface area contributed by atoms with Gasteiger partial charge in [0.25, 0.3) is 5.56 Å². The molecule has 3 aliphatic heterocycles. The van der Waals surface area contributed by atoms with E-state index in [9.17, 15) is 44.7 Å². The van der Waals surface area contributed by atoms with Gasteiger partial charge in [0.05, 0.1) is 6.10 Å². The number of β-amino-alcohol motifs (C(OH)–C–C–N with tert-alkyl or cyclic N) is 1. The molecule has 4 heterocycles. The molecule has 52 heavy (non-hydrogen) atoms. The van der Waals surface area contributed by atoms with Gasteiger partial charge >= 0.3 is 5.69 Å². The van der Waals surface area contributed by atoms with E-state index < -0.39 is 96.5 Å². The number of nitrogens with zero attached hydrogens (tertiary/aromatic N) is 3. The number of nitrogens with one attached hydrogen (secondary N) is 2. The van der Waals surface area contributed by atoms with Gasteiger partial charge in [0.15, 0.2) is 12.5 Å². The van der Waals surface area contributed by atoms with E-state index in [2.05, 4.69) is 12.2 Å². The third-order valence-electron chi connectivity index (χ3n) is 10.3. The van der Waals surface area contributed by atoms with Crippen LogP contribution in [0.25, 0.3) is 0 Å². The average molecular weight is 743 g/mol. The number of hydrogen-bond acceptors (Lipinski definition) is 14. The number of aromatic nitrogens is 2. The van der Waals surface area contributed by atoms with Crippen molar-refractivity contribution in [2.45, 2.75) is 145 Å². The van der Waals surface area contributed by atoms with Crippen LogP contribution < -0.4 is 22.3 Å². The summed E-state index contributed by atoms with van der Waals surface area (Å²) >= 11 is 0. The zero-order valence-electron chi connectivity index (χ0n) is 30.3. The van der Waals surface area contributed by atoms with Crippen LogP contribution in [0.5, 0.6) is 0 Å². The number of carbonyl (C=O) groups is 2. The van der Waals surface area contributed by atoms with E-state index in [1.54, 1.807) is 0 Å². The van der Waals surface area contributed by atoms with E-state index in [0.29, 0.717) is 6.54 Å². The number of ether oxygens (including phenoxy) is 3. The fourth-order valence-corrected chi connectivity index (χ4v) is 7.29. The number of nitrogens with two attached hydrogens (primary N) is 1. The van der Waals surface area contributed by atoms with Gasteiger partial charge < -0.3 is 55.7 Å². The predicted octanol–water partition coefficient (Wildman–Crippen LogP) is -2.51. The molecule has 0 spiro atoms. The van der Waals surface area contributed by atoms with E-state index in [-0.39, 0.29) is 13.1 Å². The van der Waals surface area contributed by atoms with Crippen LogP contribution in [0.4, 0.5) is 0 Å². The van der Waals surface area contributed by atoms with Crippen molar-refractivity contribution >= 4 is 11.8 Å². The molecule has 1 aromatic heterocycles. The Morgan fingerprint density at radius 3 is 2.17 bits per heavy atom. The number of rotatable bonds is 18. The summed E-state index contributed by atoms with van der Waals surface area (Å²) in [7, 11) is 2.82. The first-order chi connectivity index (χ1) is 24.8. The lowest BCUT2D eigenvalue weighted by atomic mass is 9.97. The monoisotopic (exact) mass is 742 g/mol.